The Morgan fingerprint density at radius 3 is 2.70 bits per heavy atom. The molecule has 1 aromatic carbocycles. The number of benzene rings is 1. The summed E-state index contributed by atoms with van der Waals surface area (Å²) in [6, 6.07) is 4.46. The van der Waals surface area contributed by atoms with Gasteiger partial charge in [-0.3, -0.25) is 14.6 Å². The highest BCUT2D eigenvalue weighted by molar-refractivity contribution is 7.91. The minimum Gasteiger partial charge on any atom is -0.495 e. The van der Waals surface area contributed by atoms with E-state index in [9.17, 15) is 22.4 Å². The highest BCUT2D eigenvalue weighted by Gasteiger charge is 2.34. The minimum absolute atomic E-state index is 0.00656. The number of fused-ring (bicyclic) bond motifs is 1. The first kappa shape index (κ1) is 23.1. The van der Waals surface area contributed by atoms with E-state index < -0.39 is 26.8 Å². The van der Waals surface area contributed by atoms with Crippen molar-refractivity contribution in [3.63, 3.8) is 0 Å². The van der Waals surface area contributed by atoms with Crippen molar-refractivity contribution in [2.75, 3.05) is 19.9 Å². The maximum Gasteiger partial charge on any atom is 0.245 e. The monoisotopic (exact) mass is 492 g/mol. The van der Waals surface area contributed by atoms with Crippen LogP contribution in [0.2, 0.25) is 0 Å². The molecule has 3 aromatic rings. The van der Waals surface area contributed by atoms with Crippen molar-refractivity contribution < 1.29 is 27.1 Å². The van der Waals surface area contributed by atoms with Crippen molar-refractivity contribution in [1.29, 1.82) is 0 Å². The van der Waals surface area contributed by atoms with Crippen LogP contribution in [0.3, 0.4) is 0 Å². The molecule has 0 bridgehead atoms. The van der Waals surface area contributed by atoms with Crippen molar-refractivity contribution in [1.82, 2.24) is 20.6 Å². The molecule has 0 aliphatic heterocycles. The van der Waals surface area contributed by atoms with Gasteiger partial charge in [0.05, 0.1) is 30.1 Å². The second kappa shape index (κ2) is 9.02. The Morgan fingerprint density at radius 2 is 2.03 bits per heavy atom. The number of thiazole rings is 1. The maximum absolute atomic E-state index is 14.8. The molecule has 2 heterocycles. The normalized spacial score (nSPS) is 14.6. The Hall–Kier alpha value is -3.12. The van der Waals surface area contributed by atoms with Crippen LogP contribution in [0.25, 0.3) is 21.3 Å². The van der Waals surface area contributed by atoms with Crippen LogP contribution in [0.5, 0.6) is 5.75 Å². The molecule has 12 heteroatoms. The van der Waals surface area contributed by atoms with E-state index in [-0.39, 0.29) is 34.6 Å². The zero-order valence-corrected chi connectivity index (χ0v) is 19.4. The highest BCUT2D eigenvalue weighted by Crippen LogP contribution is 2.35. The van der Waals surface area contributed by atoms with Crippen LogP contribution < -0.4 is 15.4 Å². The van der Waals surface area contributed by atoms with Crippen LogP contribution in [0.1, 0.15) is 23.1 Å². The zero-order valence-electron chi connectivity index (χ0n) is 17.8. The minimum atomic E-state index is -3.92. The van der Waals surface area contributed by atoms with Crippen LogP contribution in [-0.4, -0.2) is 56.2 Å². The first-order valence-corrected chi connectivity index (χ1v) is 12.8. The van der Waals surface area contributed by atoms with Crippen LogP contribution in [0, 0.1) is 5.82 Å². The van der Waals surface area contributed by atoms with Gasteiger partial charge in [0.25, 0.3) is 0 Å². The van der Waals surface area contributed by atoms with Crippen LogP contribution in [0.4, 0.5) is 4.39 Å². The van der Waals surface area contributed by atoms with E-state index in [1.807, 2.05) is 0 Å². The average Bonchev–Trinajstić information content (AvgIpc) is 3.48. The van der Waals surface area contributed by atoms with Gasteiger partial charge in [0.2, 0.25) is 11.8 Å². The molecule has 1 aliphatic rings. The van der Waals surface area contributed by atoms with Gasteiger partial charge in [-0.05, 0) is 25.0 Å². The number of hydrogen-bond acceptors (Lipinski definition) is 8. The number of ether oxygens (including phenoxy) is 1. The summed E-state index contributed by atoms with van der Waals surface area (Å²) in [5.41, 5.74) is 0.934. The second-order valence-electron chi connectivity index (χ2n) is 7.73. The van der Waals surface area contributed by atoms with Crippen molar-refractivity contribution in [3.05, 3.63) is 41.4 Å². The Balaban J connectivity index is 1.64. The first-order valence-electron chi connectivity index (χ1n) is 10.0. The number of halogens is 1. The number of methoxy groups -OCH3 is 1. The van der Waals surface area contributed by atoms with Gasteiger partial charge in [0, 0.05) is 35.7 Å². The number of nitrogens with zero attached hydrogens (tertiary/aromatic N) is 2. The molecule has 2 amide bonds. The summed E-state index contributed by atoms with van der Waals surface area (Å²) in [6.07, 6.45) is 5.67. The molecule has 1 unspecified atom stereocenters. The lowest BCUT2D eigenvalue weighted by molar-refractivity contribution is -0.126. The summed E-state index contributed by atoms with van der Waals surface area (Å²) in [6.45, 7) is -0.339. The van der Waals surface area contributed by atoms with Crippen molar-refractivity contribution in [2.45, 2.75) is 24.1 Å². The fourth-order valence-electron chi connectivity index (χ4n) is 3.23. The molecule has 0 spiro atoms. The lowest BCUT2D eigenvalue weighted by Gasteiger charge is -2.12. The Morgan fingerprint density at radius 1 is 1.27 bits per heavy atom. The van der Waals surface area contributed by atoms with E-state index in [1.165, 1.54) is 31.6 Å². The number of sulfone groups is 1. The quantitative estimate of drug-likeness (QED) is 0.492. The van der Waals surface area contributed by atoms with E-state index in [4.69, 9.17) is 4.74 Å². The molecule has 33 heavy (non-hydrogen) atoms. The number of nitrogens with one attached hydrogen (secondary N) is 2. The van der Waals surface area contributed by atoms with Gasteiger partial charge in [-0.15, -0.1) is 11.3 Å². The Labute approximate surface area is 193 Å². The van der Waals surface area contributed by atoms with E-state index in [0.717, 1.165) is 30.4 Å². The maximum atomic E-state index is 14.8. The lowest BCUT2D eigenvalue weighted by Crippen LogP contribution is -2.41. The molecular formula is C21H21FN4O5S2. The molecule has 9 nitrogen and oxygen atoms in total. The number of amides is 2. The van der Waals surface area contributed by atoms with E-state index in [2.05, 4.69) is 20.6 Å². The van der Waals surface area contributed by atoms with Crippen LogP contribution in [0.15, 0.2) is 30.6 Å². The largest absolute Gasteiger partial charge is 0.495 e. The summed E-state index contributed by atoms with van der Waals surface area (Å²) in [5.74, 6) is -1.37. The number of aromatic nitrogens is 2. The Kier molecular flexibility index (Phi) is 6.30. The molecule has 2 N–H and O–H groups in total. The van der Waals surface area contributed by atoms with Gasteiger partial charge in [-0.2, -0.15) is 0 Å². The predicted molar refractivity (Wildman–Crippen MR) is 121 cm³/mol. The zero-order chi connectivity index (χ0) is 23.8. The Bertz CT molecular complexity index is 1340. The topological polar surface area (TPSA) is 127 Å². The summed E-state index contributed by atoms with van der Waals surface area (Å²) in [5, 5.41) is 3.46. The van der Waals surface area contributed by atoms with Gasteiger partial charge in [-0.1, -0.05) is 0 Å². The number of rotatable bonds is 8. The third-order valence-corrected chi connectivity index (χ3v) is 7.54. The molecule has 0 radical (unpaired) electrons. The van der Waals surface area contributed by atoms with E-state index in [0.29, 0.717) is 16.0 Å². The van der Waals surface area contributed by atoms with Crippen molar-refractivity contribution >= 4 is 43.2 Å². The summed E-state index contributed by atoms with van der Waals surface area (Å²) < 4.78 is 45.3. The molecule has 0 saturated heterocycles. The van der Waals surface area contributed by atoms with Gasteiger partial charge < -0.3 is 15.4 Å². The molecule has 1 fully saturated rings. The molecule has 1 aliphatic carbocycles. The number of carbonyl (C=O) groups is 2. The van der Waals surface area contributed by atoms with E-state index in [1.54, 1.807) is 6.07 Å². The average molecular weight is 493 g/mol. The summed E-state index contributed by atoms with van der Waals surface area (Å²) >= 11 is 0.973. The number of pyridine rings is 1. The van der Waals surface area contributed by atoms with Crippen LogP contribution >= 0.6 is 11.3 Å². The smallest absolute Gasteiger partial charge is 0.245 e. The van der Waals surface area contributed by atoms with Crippen molar-refractivity contribution in [3.8, 4) is 16.9 Å². The van der Waals surface area contributed by atoms with Crippen molar-refractivity contribution in [2.24, 2.45) is 0 Å². The van der Waals surface area contributed by atoms with Gasteiger partial charge in [-0.25, -0.2) is 17.8 Å². The molecule has 174 valence electrons. The highest BCUT2D eigenvalue weighted by atomic mass is 32.2. The fraction of sp³-hybridized carbons (Fsp3) is 0.333. The third-order valence-electron chi connectivity index (χ3n) is 5.01. The number of hydrogen-bond donors (Lipinski definition) is 2. The molecule has 1 atom stereocenters. The molecule has 2 aromatic heterocycles. The second-order valence-corrected chi connectivity index (χ2v) is 10.9. The van der Waals surface area contributed by atoms with Gasteiger partial charge >= 0.3 is 0 Å². The fourth-order valence-corrected chi connectivity index (χ4v) is 5.76. The van der Waals surface area contributed by atoms with E-state index >= 15 is 0 Å². The summed E-state index contributed by atoms with van der Waals surface area (Å²) in [4.78, 5) is 32.8. The SMILES string of the molecule is COc1cncc(-c2cc3sc(C(C(=O)NCC(=O)NC4CC4)S(C)(=O)=O)nc3cc2F)c1. The third kappa shape index (κ3) is 5.28. The van der Waals surface area contributed by atoms with Crippen LogP contribution in [-0.2, 0) is 19.4 Å². The molecular weight excluding hydrogens is 471 g/mol. The first-order chi connectivity index (χ1) is 15.7. The molecule has 1 saturated carbocycles. The van der Waals surface area contributed by atoms with Gasteiger partial charge in [0.15, 0.2) is 15.1 Å². The molecule has 4 rings (SSSR count). The standard InChI is InChI=1S/C21H21FN4O5S2/c1-31-13-5-11(8-23-9-13)14-6-17-16(7-15(14)22)26-21(32-17)19(33(2,29)30)20(28)24-10-18(27)25-12-3-4-12/h5-9,12,19H,3-4,10H2,1-2H3,(H,24,28)(H,25,27). The van der Waals surface area contributed by atoms with Gasteiger partial charge in [0.1, 0.15) is 16.6 Å². The number of carbonyl (C=O) groups excluding carboxylic acids is 2. The summed E-state index contributed by atoms with van der Waals surface area (Å²) in [7, 11) is -2.45. The predicted octanol–water partition coefficient (Wildman–Crippen LogP) is 1.99. The lowest BCUT2D eigenvalue weighted by atomic mass is 10.1.